The molecule has 230 valence electrons. The van der Waals surface area contributed by atoms with E-state index in [0.29, 0.717) is 13.2 Å². The number of rotatable bonds is 11. The first-order valence-electron chi connectivity index (χ1n) is 15.4. The molecule has 0 aliphatic carbocycles. The van der Waals surface area contributed by atoms with E-state index in [-0.39, 0.29) is 24.9 Å². The molecule has 1 heterocycles. The van der Waals surface area contributed by atoms with Crippen LogP contribution in [0.5, 0.6) is 0 Å². The number of hydrogen-bond donors (Lipinski definition) is 1. The van der Waals surface area contributed by atoms with Gasteiger partial charge in [-0.25, -0.2) is 4.79 Å². The van der Waals surface area contributed by atoms with E-state index < -0.39 is 17.3 Å². The summed E-state index contributed by atoms with van der Waals surface area (Å²) in [5, 5.41) is 2.88. The molecule has 44 heavy (non-hydrogen) atoms. The zero-order valence-corrected chi connectivity index (χ0v) is 25.9. The zero-order valence-electron chi connectivity index (χ0n) is 25.9. The molecule has 1 N–H and O–H groups in total. The van der Waals surface area contributed by atoms with E-state index in [1.165, 1.54) is 0 Å². The van der Waals surface area contributed by atoms with Gasteiger partial charge in [0.25, 0.3) is 0 Å². The van der Waals surface area contributed by atoms with Crippen LogP contribution in [0.3, 0.4) is 0 Å². The highest BCUT2D eigenvalue weighted by atomic mass is 16.6. The van der Waals surface area contributed by atoms with Crippen molar-refractivity contribution in [1.29, 1.82) is 0 Å². The third kappa shape index (κ3) is 8.14. The van der Waals surface area contributed by atoms with Crippen LogP contribution in [0, 0.1) is 0 Å². The maximum atomic E-state index is 12.4. The van der Waals surface area contributed by atoms with Gasteiger partial charge in [0.1, 0.15) is 17.3 Å². The van der Waals surface area contributed by atoms with Gasteiger partial charge in [-0.15, -0.1) is 0 Å². The number of hydrogen-bond acceptors (Lipinski definition) is 5. The monoisotopic (exact) mass is 593 g/mol. The molecule has 0 bridgehead atoms. The smallest absolute Gasteiger partial charge is 0.407 e. The molecule has 1 aliphatic rings. The van der Waals surface area contributed by atoms with Gasteiger partial charge in [-0.3, -0.25) is 0 Å². The molecule has 0 aromatic heterocycles. The van der Waals surface area contributed by atoms with E-state index in [1.807, 2.05) is 93.6 Å². The second-order valence-corrected chi connectivity index (χ2v) is 12.2. The molecule has 0 saturated carbocycles. The molecule has 3 atom stereocenters. The molecule has 0 spiro atoms. The molecular weight excluding hydrogens is 550 g/mol. The Labute approximate surface area is 261 Å². The molecule has 6 nitrogen and oxygen atoms in total. The highest BCUT2D eigenvalue weighted by molar-refractivity contribution is 5.67. The van der Waals surface area contributed by atoms with E-state index in [2.05, 4.69) is 53.8 Å². The van der Waals surface area contributed by atoms with Gasteiger partial charge in [-0.1, -0.05) is 121 Å². The van der Waals surface area contributed by atoms with Crippen molar-refractivity contribution in [3.05, 3.63) is 144 Å². The van der Waals surface area contributed by atoms with Crippen LogP contribution < -0.4 is 5.32 Å². The van der Waals surface area contributed by atoms with Crippen molar-refractivity contribution in [2.24, 2.45) is 0 Å². The topological polar surface area (TPSA) is 66.0 Å². The number of carbonyl (C=O) groups is 1. The lowest BCUT2D eigenvalue weighted by atomic mass is 9.80. The molecule has 1 saturated heterocycles. The number of alkyl carbamates (subject to hydrolysis) is 1. The Morgan fingerprint density at radius 1 is 0.750 bits per heavy atom. The summed E-state index contributed by atoms with van der Waals surface area (Å²) in [5.74, 6) is 0. The Morgan fingerprint density at radius 2 is 1.25 bits per heavy atom. The van der Waals surface area contributed by atoms with E-state index in [4.69, 9.17) is 18.9 Å². The molecule has 5 rings (SSSR count). The summed E-state index contributed by atoms with van der Waals surface area (Å²) in [6.07, 6.45) is 0.310. The Balaban J connectivity index is 1.42. The first-order valence-corrected chi connectivity index (χ1v) is 15.4. The highest BCUT2D eigenvalue weighted by Gasteiger charge is 2.41. The Bertz CT molecular complexity index is 1330. The molecule has 6 heteroatoms. The van der Waals surface area contributed by atoms with Gasteiger partial charge >= 0.3 is 6.09 Å². The predicted octanol–water partition coefficient (Wildman–Crippen LogP) is 7.65. The van der Waals surface area contributed by atoms with Crippen molar-refractivity contribution in [3.63, 3.8) is 0 Å². The van der Waals surface area contributed by atoms with E-state index in [0.717, 1.165) is 35.1 Å². The molecular formula is C38H43NO5. The standard InChI is InChI=1S/C38H43NO5/c1-37(2,3)44-36(40)39-26-33-24-25-34(41-27-29-16-8-4-9-17-29)35(43-33)28-42-38(30-18-10-5-11-19-30,31-20-12-6-13-21-31)32-22-14-7-15-23-32/h4-23,33-35H,24-28H2,1-3H3,(H,39,40)/t33-,34+,35-/m1/s1. The summed E-state index contributed by atoms with van der Waals surface area (Å²) in [4.78, 5) is 12.4. The van der Waals surface area contributed by atoms with E-state index in [1.54, 1.807) is 0 Å². The summed E-state index contributed by atoms with van der Waals surface area (Å²) in [5.41, 5.74) is 2.74. The maximum Gasteiger partial charge on any atom is 0.407 e. The number of ether oxygens (including phenoxy) is 4. The third-order valence-corrected chi connectivity index (χ3v) is 7.74. The van der Waals surface area contributed by atoms with Gasteiger partial charge in [-0.2, -0.15) is 0 Å². The quantitative estimate of drug-likeness (QED) is 0.181. The van der Waals surface area contributed by atoms with Crippen LogP contribution in [0.4, 0.5) is 4.79 Å². The zero-order chi connectivity index (χ0) is 30.8. The number of amides is 1. The van der Waals surface area contributed by atoms with Crippen molar-refractivity contribution < 1.29 is 23.7 Å². The molecule has 0 unspecified atom stereocenters. The average Bonchev–Trinajstić information content (AvgIpc) is 3.05. The summed E-state index contributed by atoms with van der Waals surface area (Å²) in [6, 6.07) is 41.1. The van der Waals surface area contributed by atoms with Crippen LogP contribution in [0.15, 0.2) is 121 Å². The van der Waals surface area contributed by atoms with E-state index >= 15 is 0 Å². The summed E-state index contributed by atoms with van der Waals surface area (Å²) in [7, 11) is 0. The lowest BCUT2D eigenvalue weighted by Crippen LogP contribution is -2.48. The van der Waals surface area contributed by atoms with Crippen LogP contribution in [0.2, 0.25) is 0 Å². The van der Waals surface area contributed by atoms with Gasteiger partial charge in [0.05, 0.1) is 25.4 Å². The number of benzene rings is 4. The van der Waals surface area contributed by atoms with E-state index in [9.17, 15) is 4.79 Å². The molecule has 1 fully saturated rings. The Kier molecular flexibility index (Phi) is 10.5. The fourth-order valence-corrected chi connectivity index (χ4v) is 5.69. The minimum atomic E-state index is -0.876. The fraction of sp³-hybridized carbons (Fsp3) is 0.342. The van der Waals surface area contributed by atoms with Gasteiger partial charge in [-0.05, 0) is 55.9 Å². The van der Waals surface area contributed by atoms with Crippen molar-refractivity contribution in [3.8, 4) is 0 Å². The average molecular weight is 594 g/mol. The minimum Gasteiger partial charge on any atom is -0.444 e. The number of nitrogens with one attached hydrogen (secondary N) is 1. The molecule has 4 aromatic rings. The number of carbonyl (C=O) groups excluding carboxylic acids is 1. The van der Waals surface area contributed by atoms with Crippen molar-refractivity contribution in [1.82, 2.24) is 5.32 Å². The first-order chi connectivity index (χ1) is 21.3. The second kappa shape index (κ2) is 14.7. The van der Waals surface area contributed by atoms with Crippen LogP contribution in [0.25, 0.3) is 0 Å². The largest absolute Gasteiger partial charge is 0.444 e. The van der Waals surface area contributed by atoms with Crippen LogP contribution >= 0.6 is 0 Å². The fourth-order valence-electron chi connectivity index (χ4n) is 5.69. The lowest BCUT2D eigenvalue weighted by molar-refractivity contribution is -0.175. The second-order valence-electron chi connectivity index (χ2n) is 12.2. The lowest BCUT2D eigenvalue weighted by Gasteiger charge is -2.41. The molecule has 4 aromatic carbocycles. The summed E-state index contributed by atoms with van der Waals surface area (Å²) in [6.45, 7) is 6.66. The summed E-state index contributed by atoms with van der Waals surface area (Å²) < 4.78 is 25.7. The Morgan fingerprint density at radius 3 is 1.75 bits per heavy atom. The minimum absolute atomic E-state index is 0.187. The normalized spacial score (nSPS) is 18.8. The summed E-state index contributed by atoms with van der Waals surface area (Å²) >= 11 is 0. The van der Waals surface area contributed by atoms with Crippen LogP contribution in [0.1, 0.15) is 55.9 Å². The van der Waals surface area contributed by atoms with Gasteiger partial charge in [0.2, 0.25) is 0 Å². The maximum absolute atomic E-state index is 12.4. The van der Waals surface area contributed by atoms with Crippen LogP contribution in [-0.4, -0.2) is 43.2 Å². The molecule has 0 radical (unpaired) electrons. The van der Waals surface area contributed by atoms with Gasteiger partial charge < -0.3 is 24.3 Å². The van der Waals surface area contributed by atoms with Crippen LogP contribution in [-0.2, 0) is 31.2 Å². The molecule has 1 aliphatic heterocycles. The van der Waals surface area contributed by atoms with Crippen molar-refractivity contribution in [2.45, 2.75) is 69.7 Å². The van der Waals surface area contributed by atoms with Gasteiger partial charge in [0.15, 0.2) is 0 Å². The van der Waals surface area contributed by atoms with Crippen molar-refractivity contribution >= 4 is 6.09 Å². The Hall–Kier alpha value is -3.97. The SMILES string of the molecule is CC(C)(C)OC(=O)NC[C@H]1CC[C@H](OCc2ccccc2)[C@@H](COC(c2ccccc2)(c2ccccc2)c2ccccc2)O1. The predicted molar refractivity (Wildman–Crippen MR) is 172 cm³/mol. The molecule has 1 amide bonds. The third-order valence-electron chi connectivity index (χ3n) is 7.74. The van der Waals surface area contributed by atoms with Gasteiger partial charge in [0, 0.05) is 6.54 Å². The first kappa shape index (κ1) is 31.5. The highest BCUT2D eigenvalue weighted by Crippen LogP contribution is 2.41. The van der Waals surface area contributed by atoms with Crippen molar-refractivity contribution in [2.75, 3.05) is 13.2 Å².